The SMILES string of the molecule is OC12CC3CC(C1)C1CCCCC1(C3)C2. The summed E-state index contributed by atoms with van der Waals surface area (Å²) in [5.74, 6) is 2.79. The third kappa shape index (κ3) is 1.08. The minimum Gasteiger partial charge on any atom is -0.390 e. The van der Waals surface area contributed by atoms with Gasteiger partial charge < -0.3 is 5.11 Å². The van der Waals surface area contributed by atoms with Crippen LogP contribution in [-0.4, -0.2) is 10.7 Å². The van der Waals surface area contributed by atoms with Gasteiger partial charge >= 0.3 is 0 Å². The normalized spacial score (nSPS) is 61.8. The first-order valence-corrected chi connectivity index (χ1v) is 6.92. The summed E-state index contributed by atoms with van der Waals surface area (Å²) in [6.45, 7) is 0. The average Bonchev–Trinajstić information content (AvgIpc) is 2.13. The Kier molecular flexibility index (Phi) is 1.57. The molecule has 5 saturated carbocycles. The standard InChI is InChI=1S/C14H22O/c15-14-7-10-5-11(8-14)12-3-1-2-4-13(12,6-10)9-14/h10-12,15H,1-9H2. The molecule has 0 amide bonds. The van der Waals surface area contributed by atoms with Crippen molar-refractivity contribution in [1.29, 1.82) is 0 Å². The van der Waals surface area contributed by atoms with Gasteiger partial charge in [0, 0.05) is 0 Å². The van der Waals surface area contributed by atoms with Crippen LogP contribution in [0, 0.1) is 23.2 Å². The van der Waals surface area contributed by atoms with Crippen molar-refractivity contribution in [3.63, 3.8) is 0 Å². The van der Waals surface area contributed by atoms with Crippen LogP contribution in [-0.2, 0) is 0 Å². The van der Waals surface area contributed by atoms with Crippen LogP contribution in [0.1, 0.15) is 57.8 Å². The fourth-order valence-electron chi connectivity index (χ4n) is 6.15. The van der Waals surface area contributed by atoms with E-state index in [-0.39, 0.29) is 5.60 Å². The highest BCUT2D eigenvalue weighted by atomic mass is 16.3. The molecule has 0 heterocycles. The summed E-state index contributed by atoms with van der Waals surface area (Å²) in [5.41, 5.74) is 0.386. The van der Waals surface area contributed by atoms with Gasteiger partial charge in [-0.2, -0.15) is 0 Å². The fourth-order valence-corrected chi connectivity index (χ4v) is 6.15. The van der Waals surface area contributed by atoms with Gasteiger partial charge in [0.15, 0.2) is 0 Å². The summed E-state index contributed by atoms with van der Waals surface area (Å²) in [6.07, 6.45) is 12.2. The van der Waals surface area contributed by atoms with Gasteiger partial charge in [-0.3, -0.25) is 0 Å². The molecule has 5 fully saturated rings. The van der Waals surface area contributed by atoms with Crippen molar-refractivity contribution in [3.05, 3.63) is 0 Å². The molecule has 5 aliphatic rings. The summed E-state index contributed by atoms with van der Waals surface area (Å²) in [5, 5.41) is 10.6. The van der Waals surface area contributed by atoms with Crippen LogP contribution in [0.25, 0.3) is 0 Å². The molecule has 5 unspecified atom stereocenters. The zero-order valence-corrected chi connectivity index (χ0v) is 9.54. The highest BCUT2D eigenvalue weighted by Gasteiger charge is 2.61. The van der Waals surface area contributed by atoms with E-state index in [0.717, 1.165) is 37.0 Å². The Morgan fingerprint density at radius 1 is 1.07 bits per heavy atom. The summed E-state index contributed by atoms with van der Waals surface area (Å²) >= 11 is 0. The van der Waals surface area contributed by atoms with Gasteiger partial charge in [-0.15, -0.1) is 0 Å². The van der Waals surface area contributed by atoms with Crippen molar-refractivity contribution in [2.24, 2.45) is 23.2 Å². The predicted molar refractivity (Wildman–Crippen MR) is 59.4 cm³/mol. The van der Waals surface area contributed by atoms with Crippen molar-refractivity contribution in [2.75, 3.05) is 0 Å². The van der Waals surface area contributed by atoms with E-state index in [1.54, 1.807) is 0 Å². The van der Waals surface area contributed by atoms with E-state index in [1.165, 1.54) is 38.5 Å². The molecule has 0 aliphatic heterocycles. The molecule has 0 radical (unpaired) electrons. The van der Waals surface area contributed by atoms with Gasteiger partial charge in [0.25, 0.3) is 0 Å². The Morgan fingerprint density at radius 3 is 2.87 bits per heavy atom. The lowest BCUT2D eigenvalue weighted by molar-refractivity contribution is -0.207. The van der Waals surface area contributed by atoms with E-state index < -0.39 is 0 Å². The lowest BCUT2D eigenvalue weighted by Crippen LogP contribution is -2.60. The van der Waals surface area contributed by atoms with E-state index in [0.29, 0.717) is 5.41 Å². The molecule has 5 aliphatic carbocycles. The molecule has 1 nitrogen and oxygen atoms in total. The average molecular weight is 206 g/mol. The molecule has 1 heteroatoms. The molecule has 1 spiro atoms. The molecule has 84 valence electrons. The first-order valence-electron chi connectivity index (χ1n) is 6.92. The molecule has 5 rings (SSSR count). The maximum Gasteiger partial charge on any atom is 0.0658 e. The maximum absolute atomic E-state index is 10.6. The third-order valence-electron chi connectivity index (χ3n) is 6.12. The smallest absolute Gasteiger partial charge is 0.0658 e. The first-order chi connectivity index (χ1) is 7.19. The topological polar surface area (TPSA) is 20.2 Å². The van der Waals surface area contributed by atoms with Gasteiger partial charge in [-0.25, -0.2) is 0 Å². The van der Waals surface area contributed by atoms with Crippen LogP contribution in [0.5, 0.6) is 0 Å². The van der Waals surface area contributed by atoms with Gasteiger partial charge in [0.2, 0.25) is 0 Å². The molecule has 1 N–H and O–H groups in total. The second-order valence-corrected chi connectivity index (χ2v) is 7.09. The predicted octanol–water partition coefficient (Wildman–Crippen LogP) is 3.12. The maximum atomic E-state index is 10.6. The summed E-state index contributed by atoms with van der Waals surface area (Å²) in [6, 6.07) is 0. The monoisotopic (exact) mass is 206 g/mol. The first kappa shape index (κ1) is 9.04. The van der Waals surface area contributed by atoms with Crippen molar-refractivity contribution in [2.45, 2.75) is 63.4 Å². The largest absolute Gasteiger partial charge is 0.390 e. The Hall–Kier alpha value is -0.0400. The van der Waals surface area contributed by atoms with Gasteiger partial charge in [-0.1, -0.05) is 12.8 Å². The number of aliphatic hydroxyl groups is 1. The zero-order valence-electron chi connectivity index (χ0n) is 9.54. The zero-order chi connectivity index (χ0) is 10.1. The van der Waals surface area contributed by atoms with Crippen LogP contribution in [0.4, 0.5) is 0 Å². The highest BCUT2D eigenvalue weighted by molar-refractivity contribution is 5.12. The Bertz CT molecular complexity index is 300. The Labute approximate surface area is 92.3 Å². The van der Waals surface area contributed by atoms with Crippen molar-refractivity contribution in [1.82, 2.24) is 0 Å². The van der Waals surface area contributed by atoms with E-state index in [4.69, 9.17) is 0 Å². The molecule has 4 bridgehead atoms. The molecule has 0 aromatic heterocycles. The highest BCUT2D eigenvalue weighted by Crippen LogP contribution is 2.68. The van der Waals surface area contributed by atoms with Crippen molar-refractivity contribution >= 4 is 0 Å². The van der Waals surface area contributed by atoms with Crippen molar-refractivity contribution in [3.8, 4) is 0 Å². The minimum absolute atomic E-state index is 0.223. The summed E-state index contributed by atoms with van der Waals surface area (Å²) < 4.78 is 0. The van der Waals surface area contributed by atoms with E-state index >= 15 is 0 Å². The number of hydrogen-bond donors (Lipinski definition) is 1. The Morgan fingerprint density at radius 2 is 2.00 bits per heavy atom. The van der Waals surface area contributed by atoms with Crippen LogP contribution in [0.2, 0.25) is 0 Å². The van der Waals surface area contributed by atoms with Gasteiger partial charge in [0.05, 0.1) is 5.60 Å². The lowest BCUT2D eigenvalue weighted by Gasteiger charge is -2.66. The number of rotatable bonds is 0. The second-order valence-electron chi connectivity index (χ2n) is 7.09. The van der Waals surface area contributed by atoms with E-state index in [9.17, 15) is 5.11 Å². The summed E-state index contributed by atoms with van der Waals surface area (Å²) in [4.78, 5) is 0. The molecule has 0 aromatic rings. The third-order valence-corrected chi connectivity index (χ3v) is 6.12. The fraction of sp³-hybridized carbons (Fsp3) is 1.00. The minimum atomic E-state index is -0.223. The lowest BCUT2D eigenvalue weighted by atomic mass is 9.41. The van der Waals surface area contributed by atoms with Crippen molar-refractivity contribution < 1.29 is 5.11 Å². The molecule has 0 aromatic carbocycles. The molecular weight excluding hydrogens is 184 g/mol. The van der Waals surface area contributed by atoms with Gasteiger partial charge in [-0.05, 0) is 68.1 Å². The van der Waals surface area contributed by atoms with Crippen LogP contribution in [0.15, 0.2) is 0 Å². The quantitative estimate of drug-likeness (QED) is 0.645. The Balaban J connectivity index is 1.77. The van der Waals surface area contributed by atoms with E-state index in [2.05, 4.69) is 0 Å². The molecular formula is C14H22O. The molecule has 5 atom stereocenters. The second kappa shape index (κ2) is 2.61. The van der Waals surface area contributed by atoms with Crippen LogP contribution in [0.3, 0.4) is 0 Å². The molecule has 15 heavy (non-hydrogen) atoms. The number of hydrogen-bond acceptors (Lipinski definition) is 1. The van der Waals surface area contributed by atoms with Crippen LogP contribution < -0.4 is 0 Å². The molecule has 0 saturated heterocycles. The van der Waals surface area contributed by atoms with Gasteiger partial charge in [0.1, 0.15) is 0 Å². The summed E-state index contributed by atoms with van der Waals surface area (Å²) in [7, 11) is 0. The van der Waals surface area contributed by atoms with E-state index in [1.807, 2.05) is 0 Å². The van der Waals surface area contributed by atoms with Crippen LogP contribution >= 0.6 is 0 Å².